The second-order valence-electron chi connectivity index (χ2n) is 4.95. The molecule has 0 atom stereocenters. The largest absolute Gasteiger partial charge is 0.379 e. The van der Waals surface area contributed by atoms with E-state index in [0.29, 0.717) is 31.7 Å². The van der Waals surface area contributed by atoms with Gasteiger partial charge in [0.15, 0.2) is 0 Å². The van der Waals surface area contributed by atoms with Crippen molar-refractivity contribution in [3.8, 4) is 0 Å². The van der Waals surface area contributed by atoms with Crippen molar-refractivity contribution in [2.24, 2.45) is 0 Å². The minimum Gasteiger partial charge on any atom is -0.379 e. The Morgan fingerprint density at radius 3 is 2.09 bits per heavy atom. The zero-order chi connectivity index (χ0) is 15.5. The van der Waals surface area contributed by atoms with Crippen LogP contribution in [0.1, 0.15) is 20.8 Å². The molecule has 0 spiro atoms. The molecule has 1 fully saturated rings. The summed E-state index contributed by atoms with van der Waals surface area (Å²) in [5.41, 5.74) is 6.18. The van der Waals surface area contributed by atoms with Gasteiger partial charge in [-0.1, -0.05) is 18.2 Å². The van der Waals surface area contributed by atoms with Crippen LogP contribution in [0, 0.1) is 0 Å². The highest BCUT2D eigenvalue weighted by molar-refractivity contribution is 5.97. The molecule has 0 aliphatic carbocycles. The summed E-state index contributed by atoms with van der Waals surface area (Å²) < 4.78 is 4.44. The lowest BCUT2D eigenvalue weighted by Gasteiger charge is -2.34. The van der Waals surface area contributed by atoms with Gasteiger partial charge >= 0.3 is 0 Å². The Morgan fingerprint density at radius 2 is 1.55 bits per heavy atom. The average molecular weight is 301 g/mol. The lowest BCUT2D eigenvalue weighted by atomic mass is 10.2. The van der Waals surface area contributed by atoms with Crippen molar-refractivity contribution in [1.29, 1.82) is 0 Å². The van der Waals surface area contributed by atoms with Gasteiger partial charge in [-0.15, -0.1) is 0 Å². The first kappa shape index (κ1) is 14.1. The van der Waals surface area contributed by atoms with Crippen molar-refractivity contribution >= 4 is 17.6 Å². The number of nitrogens with zero attached hydrogens (tertiary/aromatic N) is 4. The van der Waals surface area contributed by atoms with Crippen LogP contribution in [0.25, 0.3) is 0 Å². The molecule has 114 valence electrons. The van der Waals surface area contributed by atoms with Gasteiger partial charge in [0.1, 0.15) is 0 Å². The maximum absolute atomic E-state index is 12.3. The predicted octanol–water partition coefficient (Wildman–Crippen LogP) is 0.250. The van der Waals surface area contributed by atoms with E-state index in [1.165, 1.54) is 0 Å². The third-order valence-corrected chi connectivity index (χ3v) is 3.59. The second kappa shape index (κ2) is 5.84. The Morgan fingerprint density at radius 1 is 0.955 bits per heavy atom. The summed E-state index contributed by atoms with van der Waals surface area (Å²) in [6.07, 6.45) is 0. The summed E-state index contributed by atoms with van der Waals surface area (Å²) in [5, 5.41) is 6.90. The quantitative estimate of drug-likeness (QED) is 0.852. The van der Waals surface area contributed by atoms with E-state index in [2.05, 4.69) is 14.9 Å². The van der Waals surface area contributed by atoms with Crippen molar-refractivity contribution in [2.45, 2.75) is 0 Å². The van der Waals surface area contributed by atoms with E-state index in [1.807, 2.05) is 18.2 Å². The zero-order valence-electron chi connectivity index (χ0n) is 11.8. The number of hydrogen-bond acceptors (Lipinski definition) is 6. The molecule has 2 N–H and O–H groups in total. The lowest BCUT2D eigenvalue weighted by molar-refractivity contribution is 0.0530. The average Bonchev–Trinajstić information content (AvgIpc) is 3.00. The SMILES string of the molecule is Nc1nonc1C(=O)N1CCN(C(=O)c2ccccc2)CC1. The number of nitrogen functional groups attached to an aromatic ring is 1. The van der Waals surface area contributed by atoms with Gasteiger partial charge in [-0.3, -0.25) is 9.59 Å². The molecule has 0 saturated carbocycles. The Balaban J connectivity index is 1.62. The van der Waals surface area contributed by atoms with Crippen LogP contribution in [0.2, 0.25) is 0 Å². The van der Waals surface area contributed by atoms with Crippen LogP contribution >= 0.6 is 0 Å². The number of hydrogen-bond donors (Lipinski definition) is 1. The van der Waals surface area contributed by atoms with E-state index >= 15 is 0 Å². The van der Waals surface area contributed by atoms with Crippen LogP contribution in [0.3, 0.4) is 0 Å². The fourth-order valence-electron chi connectivity index (χ4n) is 2.37. The second-order valence-corrected chi connectivity index (χ2v) is 4.95. The van der Waals surface area contributed by atoms with Gasteiger partial charge in [0, 0.05) is 31.7 Å². The number of benzene rings is 1. The molecule has 1 aliphatic rings. The highest BCUT2D eigenvalue weighted by atomic mass is 16.6. The van der Waals surface area contributed by atoms with Crippen LogP contribution in [-0.2, 0) is 0 Å². The van der Waals surface area contributed by atoms with Crippen molar-refractivity contribution in [2.75, 3.05) is 31.9 Å². The first-order valence-electron chi connectivity index (χ1n) is 6.88. The third-order valence-electron chi connectivity index (χ3n) is 3.59. The van der Waals surface area contributed by atoms with Crippen LogP contribution in [0.4, 0.5) is 5.82 Å². The molecule has 0 radical (unpaired) electrons. The highest BCUT2D eigenvalue weighted by Crippen LogP contribution is 2.13. The normalized spacial score (nSPS) is 14.9. The molecule has 1 aliphatic heterocycles. The lowest BCUT2D eigenvalue weighted by Crippen LogP contribution is -2.50. The highest BCUT2D eigenvalue weighted by Gasteiger charge is 2.28. The smallest absolute Gasteiger partial charge is 0.280 e. The van der Waals surface area contributed by atoms with Crippen LogP contribution in [0.5, 0.6) is 0 Å². The number of amides is 2. The molecule has 8 nitrogen and oxygen atoms in total. The van der Waals surface area contributed by atoms with Crippen LogP contribution in [0.15, 0.2) is 35.0 Å². The van der Waals surface area contributed by atoms with E-state index in [1.54, 1.807) is 21.9 Å². The zero-order valence-corrected chi connectivity index (χ0v) is 11.8. The Kier molecular flexibility index (Phi) is 3.73. The Bertz CT molecular complexity index is 677. The molecule has 8 heteroatoms. The van der Waals surface area contributed by atoms with Crippen molar-refractivity contribution in [1.82, 2.24) is 20.1 Å². The predicted molar refractivity (Wildman–Crippen MR) is 77.0 cm³/mol. The Hall–Kier alpha value is -2.90. The summed E-state index contributed by atoms with van der Waals surface area (Å²) >= 11 is 0. The minimum atomic E-state index is -0.328. The molecule has 1 aromatic carbocycles. The number of nitrogens with two attached hydrogens (primary N) is 1. The maximum atomic E-state index is 12.3. The summed E-state index contributed by atoms with van der Waals surface area (Å²) in [5.74, 6) is -0.381. The van der Waals surface area contributed by atoms with Gasteiger partial charge in [-0.05, 0) is 22.4 Å². The summed E-state index contributed by atoms with van der Waals surface area (Å²) in [4.78, 5) is 27.8. The van der Waals surface area contributed by atoms with E-state index in [4.69, 9.17) is 5.73 Å². The minimum absolute atomic E-state index is 0.0165. The first-order chi connectivity index (χ1) is 10.7. The van der Waals surface area contributed by atoms with Crippen molar-refractivity contribution in [3.05, 3.63) is 41.6 Å². The molecule has 1 saturated heterocycles. The van der Waals surface area contributed by atoms with E-state index < -0.39 is 0 Å². The van der Waals surface area contributed by atoms with Gasteiger partial charge in [0.2, 0.25) is 11.5 Å². The molecular formula is C14H15N5O3. The van der Waals surface area contributed by atoms with Crippen LogP contribution < -0.4 is 5.73 Å². The number of aromatic nitrogens is 2. The maximum Gasteiger partial charge on any atom is 0.280 e. The van der Waals surface area contributed by atoms with Gasteiger partial charge in [-0.2, -0.15) is 0 Å². The van der Waals surface area contributed by atoms with Gasteiger partial charge in [-0.25, -0.2) is 4.63 Å². The molecule has 3 rings (SSSR count). The van der Waals surface area contributed by atoms with E-state index in [9.17, 15) is 9.59 Å². The molecule has 2 amide bonds. The molecule has 0 bridgehead atoms. The van der Waals surface area contributed by atoms with Crippen LogP contribution in [-0.4, -0.2) is 58.1 Å². The fourth-order valence-corrected chi connectivity index (χ4v) is 2.37. The topological polar surface area (TPSA) is 106 Å². The number of carbonyl (C=O) groups excluding carboxylic acids is 2. The summed E-state index contributed by atoms with van der Waals surface area (Å²) in [6, 6.07) is 9.08. The standard InChI is InChI=1S/C14H15N5O3/c15-12-11(16-22-17-12)14(21)19-8-6-18(7-9-19)13(20)10-4-2-1-3-5-10/h1-5H,6-9H2,(H2,15,17). The first-order valence-corrected chi connectivity index (χ1v) is 6.88. The van der Waals surface area contributed by atoms with Crippen molar-refractivity contribution < 1.29 is 14.2 Å². The van der Waals surface area contributed by atoms with E-state index in [-0.39, 0.29) is 23.3 Å². The number of carbonyl (C=O) groups is 2. The summed E-state index contributed by atoms with van der Waals surface area (Å²) in [6.45, 7) is 1.77. The third kappa shape index (κ3) is 2.62. The monoisotopic (exact) mass is 301 g/mol. The number of rotatable bonds is 2. The Labute approximate surface area is 126 Å². The van der Waals surface area contributed by atoms with Gasteiger partial charge in [0.25, 0.3) is 11.8 Å². The fraction of sp³-hybridized carbons (Fsp3) is 0.286. The van der Waals surface area contributed by atoms with E-state index in [0.717, 1.165) is 0 Å². The molecule has 1 aromatic heterocycles. The number of anilines is 1. The molecule has 2 heterocycles. The molecule has 22 heavy (non-hydrogen) atoms. The molecule has 2 aromatic rings. The number of piperazine rings is 1. The molecular weight excluding hydrogens is 286 g/mol. The van der Waals surface area contributed by atoms with Gasteiger partial charge in [0.05, 0.1) is 0 Å². The molecule has 0 unspecified atom stereocenters. The van der Waals surface area contributed by atoms with Crippen molar-refractivity contribution in [3.63, 3.8) is 0 Å². The summed E-state index contributed by atoms with van der Waals surface area (Å²) in [7, 11) is 0. The van der Waals surface area contributed by atoms with Gasteiger partial charge < -0.3 is 15.5 Å².